The minimum Gasteiger partial charge on any atom is -0.872 e. The topological polar surface area (TPSA) is 91.6 Å². The lowest BCUT2D eigenvalue weighted by molar-refractivity contribution is -0.653. The van der Waals surface area contributed by atoms with Gasteiger partial charge in [-0.3, -0.25) is 9.69 Å². The molecule has 0 unspecified atom stereocenters. The van der Waals surface area contributed by atoms with Gasteiger partial charge in [0.05, 0.1) is 25.6 Å². The van der Waals surface area contributed by atoms with Gasteiger partial charge in [0.15, 0.2) is 0 Å². The number of methoxy groups -OCH3 is 1. The molecule has 2 aliphatic heterocycles. The highest BCUT2D eigenvalue weighted by molar-refractivity contribution is 5.82. The summed E-state index contributed by atoms with van der Waals surface area (Å²) in [5.41, 5.74) is 0.602. The van der Waals surface area contributed by atoms with Crippen molar-refractivity contribution in [1.82, 2.24) is 4.90 Å². The summed E-state index contributed by atoms with van der Waals surface area (Å²) in [5, 5.41) is 15.3. The molecule has 7 heteroatoms. The fraction of sp³-hybridized carbons (Fsp3) is 0.483. The van der Waals surface area contributed by atoms with Crippen LogP contribution in [0.4, 0.5) is 0 Å². The van der Waals surface area contributed by atoms with Gasteiger partial charge in [-0.15, -0.1) is 5.75 Å². The molecule has 0 aliphatic carbocycles. The van der Waals surface area contributed by atoms with Crippen molar-refractivity contribution in [3.8, 4) is 23.0 Å². The van der Waals surface area contributed by atoms with Gasteiger partial charge in [-0.2, -0.15) is 0 Å². The van der Waals surface area contributed by atoms with Gasteiger partial charge >= 0.3 is 0 Å². The number of benzene rings is 2. The third kappa shape index (κ3) is 7.02. The third-order valence-corrected chi connectivity index (χ3v) is 6.90. The minimum atomic E-state index is -0.292. The van der Waals surface area contributed by atoms with Crippen LogP contribution in [0.3, 0.4) is 0 Å². The predicted molar refractivity (Wildman–Crippen MR) is 139 cm³/mol. The van der Waals surface area contributed by atoms with Gasteiger partial charge in [0.1, 0.15) is 23.3 Å². The summed E-state index contributed by atoms with van der Waals surface area (Å²) in [6, 6.07) is 9.91. The van der Waals surface area contributed by atoms with Crippen molar-refractivity contribution in [2.45, 2.75) is 57.9 Å². The summed E-state index contributed by atoms with van der Waals surface area (Å²) < 4.78 is 16.6. The van der Waals surface area contributed by atoms with Gasteiger partial charge in [-0.25, -0.2) is 0 Å². The zero-order valence-corrected chi connectivity index (χ0v) is 21.3. The molecule has 194 valence electrons. The van der Waals surface area contributed by atoms with Crippen molar-refractivity contribution in [3.05, 3.63) is 58.4 Å². The fourth-order valence-electron chi connectivity index (χ4n) is 4.81. The lowest BCUT2D eigenvalue weighted by Gasteiger charge is -2.23. The molecule has 0 bridgehead atoms. The van der Waals surface area contributed by atoms with Crippen LogP contribution < -0.4 is 25.3 Å². The maximum Gasteiger partial charge on any atom is 0.235 e. The number of nitrogens with zero attached hydrogens (tertiary/aromatic N) is 1. The second-order valence-corrected chi connectivity index (χ2v) is 9.60. The molecule has 2 N–H and O–H groups in total. The van der Waals surface area contributed by atoms with E-state index in [0.29, 0.717) is 34.6 Å². The second kappa shape index (κ2) is 13.3. The number of likely N-dealkylation sites (tertiary alicyclic amines) is 1. The van der Waals surface area contributed by atoms with E-state index in [1.165, 1.54) is 70.0 Å². The normalized spacial score (nSPS) is 16.9. The Morgan fingerprint density at radius 3 is 2.19 bits per heavy atom. The maximum absolute atomic E-state index is 12.9. The molecule has 2 fully saturated rings. The molecule has 2 aliphatic rings. The summed E-state index contributed by atoms with van der Waals surface area (Å²) in [7, 11) is 1.58. The Kier molecular flexibility index (Phi) is 9.64. The van der Waals surface area contributed by atoms with E-state index in [9.17, 15) is 9.90 Å². The van der Waals surface area contributed by atoms with E-state index in [0.717, 1.165) is 25.9 Å². The Bertz CT molecular complexity index is 1130. The van der Waals surface area contributed by atoms with E-state index < -0.39 is 0 Å². The molecule has 0 amide bonds. The van der Waals surface area contributed by atoms with Crippen LogP contribution in [-0.2, 0) is 6.54 Å². The number of quaternary nitrogens is 1. The largest absolute Gasteiger partial charge is 0.872 e. The average molecular weight is 495 g/mol. The molecule has 3 heterocycles. The summed E-state index contributed by atoms with van der Waals surface area (Å²) >= 11 is 0. The molecule has 7 nitrogen and oxygen atoms in total. The SMILES string of the molecule is C1CCC[NH2+]CC1.COc1ccc(Oc2coc3c(CN4CCCCCC4)c([O-])ccc3c2=O)cc1. The van der Waals surface area contributed by atoms with E-state index in [4.69, 9.17) is 13.9 Å². The van der Waals surface area contributed by atoms with Gasteiger partial charge in [-0.05, 0) is 81.9 Å². The molecule has 36 heavy (non-hydrogen) atoms. The highest BCUT2D eigenvalue weighted by Crippen LogP contribution is 2.29. The first-order valence-corrected chi connectivity index (χ1v) is 13.3. The fourth-order valence-corrected chi connectivity index (χ4v) is 4.81. The van der Waals surface area contributed by atoms with Gasteiger partial charge in [0.2, 0.25) is 11.2 Å². The van der Waals surface area contributed by atoms with Crippen molar-refractivity contribution in [1.29, 1.82) is 0 Å². The standard InChI is InChI=1S/C23H25NO5.C6H13N/c1-27-16-6-8-17(9-7-16)29-21-15-28-23-18(22(21)26)10-11-20(25)19(23)14-24-12-4-2-3-5-13-24;1-2-4-6-7-5-3-1/h6-11,15,25H,2-5,12-14H2,1H3;7H,1-6H2. The van der Waals surface area contributed by atoms with E-state index in [1.807, 2.05) is 0 Å². The zero-order chi connectivity index (χ0) is 25.2. The second-order valence-electron chi connectivity index (χ2n) is 9.60. The Labute approximate surface area is 213 Å². The quantitative estimate of drug-likeness (QED) is 0.573. The first-order chi connectivity index (χ1) is 17.7. The molecule has 1 aromatic heterocycles. The molecular formula is C29H38N2O5. The number of hydrogen-bond acceptors (Lipinski definition) is 6. The third-order valence-electron chi connectivity index (χ3n) is 6.90. The van der Waals surface area contributed by atoms with Crippen molar-refractivity contribution < 1.29 is 24.3 Å². The van der Waals surface area contributed by atoms with Crippen LogP contribution in [0.1, 0.15) is 56.9 Å². The first-order valence-electron chi connectivity index (χ1n) is 13.3. The van der Waals surface area contributed by atoms with E-state index >= 15 is 0 Å². The molecule has 0 radical (unpaired) electrons. The highest BCUT2D eigenvalue weighted by Gasteiger charge is 2.16. The number of ether oxygens (including phenoxy) is 2. The van der Waals surface area contributed by atoms with Gasteiger partial charge < -0.3 is 24.3 Å². The molecule has 5 rings (SSSR count). The number of rotatable bonds is 5. The van der Waals surface area contributed by atoms with E-state index in [1.54, 1.807) is 31.4 Å². The molecule has 3 aromatic rings. The number of fused-ring (bicyclic) bond motifs is 1. The van der Waals surface area contributed by atoms with Gasteiger partial charge in [0, 0.05) is 12.1 Å². The van der Waals surface area contributed by atoms with Crippen LogP contribution in [0.5, 0.6) is 23.0 Å². The molecule has 0 saturated carbocycles. The van der Waals surface area contributed by atoms with Crippen LogP contribution in [0.15, 0.2) is 51.9 Å². The Morgan fingerprint density at radius 1 is 0.889 bits per heavy atom. The van der Waals surface area contributed by atoms with Crippen LogP contribution in [-0.4, -0.2) is 38.2 Å². The first kappa shape index (κ1) is 26.0. The minimum absolute atomic E-state index is 0.0852. The molecule has 2 aromatic carbocycles. The molecular weight excluding hydrogens is 456 g/mol. The summed E-state index contributed by atoms with van der Waals surface area (Å²) in [6.07, 6.45) is 11.8. The molecule has 0 atom stereocenters. The maximum atomic E-state index is 12.9. The van der Waals surface area contributed by atoms with E-state index in [2.05, 4.69) is 10.2 Å². The Balaban J connectivity index is 0.000000375. The van der Waals surface area contributed by atoms with Crippen molar-refractivity contribution in [2.24, 2.45) is 0 Å². The lowest BCUT2D eigenvalue weighted by Crippen LogP contribution is -2.83. The van der Waals surface area contributed by atoms with Crippen molar-refractivity contribution >= 4 is 11.0 Å². The van der Waals surface area contributed by atoms with Crippen LogP contribution in [0, 0.1) is 0 Å². The Morgan fingerprint density at radius 2 is 1.53 bits per heavy atom. The zero-order valence-electron chi connectivity index (χ0n) is 21.3. The molecule has 0 spiro atoms. The summed E-state index contributed by atoms with van der Waals surface area (Å²) in [4.78, 5) is 15.2. The van der Waals surface area contributed by atoms with Crippen molar-refractivity contribution in [3.63, 3.8) is 0 Å². The predicted octanol–water partition coefficient (Wildman–Crippen LogP) is 4.17. The highest BCUT2D eigenvalue weighted by atomic mass is 16.5. The average Bonchev–Trinajstić information content (AvgIpc) is 3.36. The van der Waals surface area contributed by atoms with Crippen LogP contribution >= 0.6 is 0 Å². The van der Waals surface area contributed by atoms with Crippen LogP contribution in [0.2, 0.25) is 0 Å². The van der Waals surface area contributed by atoms with E-state index in [-0.39, 0.29) is 16.9 Å². The van der Waals surface area contributed by atoms with Crippen molar-refractivity contribution in [2.75, 3.05) is 33.3 Å². The Hall–Kier alpha value is -3.03. The monoisotopic (exact) mass is 494 g/mol. The number of hydrogen-bond donors (Lipinski definition) is 1. The summed E-state index contributed by atoms with van der Waals surface area (Å²) in [5.74, 6) is 1.18. The van der Waals surface area contributed by atoms with Crippen LogP contribution in [0.25, 0.3) is 11.0 Å². The van der Waals surface area contributed by atoms with Gasteiger partial charge in [0.25, 0.3) is 0 Å². The smallest absolute Gasteiger partial charge is 0.235 e. The van der Waals surface area contributed by atoms with Gasteiger partial charge in [-0.1, -0.05) is 18.9 Å². The summed E-state index contributed by atoms with van der Waals surface area (Å²) in [6.45, 7) is 5.16. The number of nitrogens with two attached hydrogens (primary N) is 1. The molecule has 2 saturated heterocycles. The lowest BCUT2D eigenvalue weighted by atomic mass is 10.1.